The summed E-state index contributed by atoms with van der Waals surface area (Å²) in [5.74, 6) is 1.07. The molecule has 0 heterocycles. The molecule has 86 valence electrons. The number of hydrogen-bond donors (Lipinski definition) is 0. The Kier molecular flexibility index (Phi) is 5.34. The normalized spacial score (nSPS) is 10.6. The van der Waals surface area contributed by atoms with Crippen LogP contribution in [0.15, 0.2) is 36.4 Å². The van der Waals surface area contributed by atoms with E-state index in [9.17, 15) is 4.79 Å². The summed E-state index contributed by atoms with van der Waals surface area (Å²) < 4.78 is 5.14. The lowest BCUT2D eigenvalue weighted by Gasteiger charge is -2.03. The molecule has 0 bridgehead atoms. The first-order chi connectivity index (χ1) is 7.76. The summed E-state index contributed by atoms with van der Waals surface area (Å²) in [4.78, 5) is 11.2. The zero-order valence-corrected chi connectivity index (χ0v) is 9.90. The van der Waals surface area contributed by atoms with Gasteiger partial charge in [0, 0.05) is 6.42 Å². The number of rotatable bonds is 6. The van der Waals surface area contributed by atoms with Gasteiger partial charge in [-0.3, -0.25) is 4.79 Å². The van der Waals surface area contributed by atoms with Gasteiger partial charge in [-0.15, -0.1) is 0 Å². The van der Waals surface area contributed by atoms with Crippen LogP contribution in [-0.4, -0.2) is 12.9 Å². The summed E-state index contributed by atoms with van der Waals surface area (Å²) in [6, 6.07) is 7.97. The molecule has 1 aromatic rings. The van der Waals surface area contributed by atoms with E-state index in [1.165, 1.54) is 5.56 Å². The predicted molar refractivity (Wildman–Crippen MR) is 65.8 cm³/mol. The number of ether oxygens (including phenoxy) is 1. The number of benzene rings is 1. The fourth-order valence-corrected chi connectivity index (χ4v) is 1.56. The quantitative estimate of drug-likeness (QED) is 0.685. The third-order valence-electron chi connectivity index (χ3n) is 2.38. The summed E-state index contributed by atoms with van der Waals surface area (Å²) in [5, 5.41) is 0. The van der Waals surface area contributed by atoms with Gasteiger partial charge in [0.05, 0.1) is 7.11 Å². The van der Waals surface area contributed by atoms with Crippen molar-refractivity contribution in [3.8, 4) is 5.75 Å². The van der Waals surface area contributed by atoms with E-state index >= 15 is 0 Å². The van der Waals surface area contributed by atoms with Crippen LogP contribution in [0.1, 0.15) is 25.3 Å². The molecular formula is C14H18O2. The largest absolute Gasteiger partial charge is 0.497 e. The molecule has 0 aliphatic heterocycles. The molecule has 0 saturated carbocycles. The fourth-order valence-electron chi connectivity index (χ4n) is 1.56. The van der Waals surface area contributed by atoms with Gasteiger partial charge in [-0.2, -0.15) is 0 Å². The van der Waals surface area contributed by atoms with Gasteiger partial charge in [0.1, 0.15) is 5.75 Å². The topological polar surface area (TPSA) is 26.3 Å². The van der Waals surface area contributed by atoms with Crippen molar-refractivity contribution in [2.24, 2.45) is 0 Å². The molecule has 2 heteroatoms. The molecule has 0 amide bonds. The van der Waals surface area contributed by atoms with Crippen molar-refractivity contribution in [3.63, 3.8) is 0 Å². The Balaban J connectivity index is 2.39. The average molecular weight is 218 g/mol. The van der Waals surface area contributed by atoms with Crippen molar-refractivity contribution >= 4 is 5.78 Å². The van der Waals surface area contributed by atoms with Crippen LogP contribution in [0.4, 0.5) is 0 Å². The highest BCUT2D eigenvalue weighted by atomic mass is 16.5. The van der Waals surface area contributed by atoms with Crippen LogP contribution < -0.4 is 4.74 Å². The van der Waals surface area contributed by atoms with Gasteiger partial charge < -0.3 is 4.74 Å². The number of carbonyl (C=O) groups is 1. The average Bonchev–Trinajstić information content (AvgIpc) is 2.30. The highest BCUT2D eigenvalue weighted by Gasteiger charge is 1.99. The molecule has 0 aromatic heterocycles. The minimum Gasteiger partial charge on any atom is -0.497 e. The molecule has 0 aliphatic carbocycles. The molecule has 0 fully saturated rings. The van der Waals surface area contributed by atoms with Crippen LogP contribution in [0, 0.1) is 0 Å². The first-order valence-electron chi connectivity index (χ1n) is 5.54. The van der Waals surface area contributed by atoms with Gasteiger partial charge in [-0.05, 0) is 43.5 Å². The van der Waals surface area contributed by atoms with E-state index in [2.05, 4.69) is 6.07 Å². The van der Waals surface area contributed by atoms with E-state index in [1.807, 2.05) is 25.1 Å². The van der Waals surface area contributed by atoms with E-state index in [0.29, 0.717) is 6.42 Å². The maximum Gasteiger partial charge on any atom is 0.155 e. The predicted octanol–water partition coefficient (Wildman–Crippen LogP) is 3.16. The molecule has 0 unspecified atom stereocenters. The summed E-state index contributed by atoms with van der Waals surface area (Å²) >= 11 is 0. The van der Waals surface area contributed by atoms with Gasteiger partial charge in [0.25, 0.3) is 0 Å². The zero-order valence-electron chi connectivity index (χ0n) is 9.90. The van der Waals surface area contributed by atoms with Crippen molar-refractivity contribution in [2.45, 2.75) is 26.2 Å². The Bertz CT molecular complexity index is 367. The Morgan fingerprint density at radius 3 is 2.94 bits per heavy atom. The number of carbonyl (C=O) groups excluding carboxylic acids is 1. The van der Waals surface area contributed by atoms with E-state index in [0.717, 1.165) is 18.6 Å². The van der Waals surface area contributed by atoms with Gasteiger partial charge in [0.15, 0.2) is 5.78 Å². The Labute approximate surface area is 96.9 Å². The molecule has 16 heavy (non-hydrogen) atoms. The third-order valence-corrected chi connectivity index (χ3v) is 2.38. The number of methoxy groups -OCH3 is 1. The number of aryl methyl sites for hydroxylation is 1. The van der Waals surface area contributed by atoms with Crippen LogP contribution in [0.2, 0.25) is 0 Å². The van der Waals surface area contributed by atoms with Gasteiger partial charge in [-0.25, -0.2) is 0 Å². The second kappa shape index (κ2) is 6.83. The van der Waals surface area contributed by atoms with Crippen molar-refractivity contribution < 1.29 is 9.53 Å². The van der Waals surface area contributed by atoms with Crippen molar-refractivity contribution in [1.29, 1.82) is 0 Å². The zero-order chi connectivity index (χ0) is 11.8. The standard InChI is InChI=1S/C14H18O2/c1-3-6-13(15)9-4-7-12-8-5-10-14(11-12)16-2/h3,5-6,8,10-11H,4,7,9H2,1-2H3/b6-3+. The molecular weight excluding hydrogens is 200 g/mol. The van der Waals surface area contributed by atoms with Crippen LogP contribution in [0.5, 0.6) is 5.75 Å². The van der Waals surface area contributed by atoms with Crippen LogP contribution in [0.25, 0.3) is 0 Å². The second-order valence-corrected chi connectivity index (χ2v) is 3.67. The molecule has 0 atom stereocenters. The number of ketones is 1. The van der Waals surface area contributed by atoms with Gasteiger partial charge >= 0.3 is 0 Å². The molecule has 0 spiro atoms. The molecule has 0 saturated heterocycles. The number of allylic oxidation sites excluding steroid dienone is 2. The van der Waals surface area contributed by atoms with Crippen LogP contribution in [0.3, 0.4) is 0 Å². The Morgan fingerprint density at radius 1 is 1.44 bits per heavy atom. The SMILES string of the molecule is C/C=C/C(=O)CCCc1cccc(OC)c1. The Hall–Kier alpha value is -1.57. The smallest absolute Gasteiger partial charge is 0.155 e. The molecule has 0 radical (unpaired) electrons. The molecule has 2 nitrogen and oxygen atoms in total. The van der Waals surface area contributed by atoms with E-state index in [4.69, 9.17) is 4.74 Å². The maximum absolute atomic E-state index is 11.2. The monoisotopic (exact) mass is 218 g/mol. The molecule has 0 N–H and O–H groups in total. The highest BCUT2D eigenvalue weighted by Crippen LogP contribution is 2.14. The van der Waals surface area contributed by atoms with Crippen LogP contribution >= 0.6 is 0 Å². The maximum atomic E-state index is 11.2. The third kappa shape index (κ3) is 4.30. The molecule has 1 rings (SSSR count). The van der Waals surface area contributed by atoms with E-state index in [-0.39, 0.29) is 5.78 Å². The van der Waals surface area contributed by atoms with Gasteiger partial charge in [0.2, 0.25) is 0 Å². The molecule has 1 aromatic carbocycles. The first-order valence-corrected chi connectivity index (χ1v) is 5.54. The second-order valence-electron chi connectivity index (χ2n) is 3.67. The number of hydrogen-bond acceptors (Lipinski definition) is 2. The summed E-state index contributed by atoms with van der Waals surface area (Å²) in [6.45, 7) is 1.86. The summed E-state index contributed by atoms with van der Waals surface area (Å²) in [5.41, 5.74) is 1.22. The first kappa shape index (κ1) is 12.5. The summed E-state index contributed by atoms with van der Waals surface area (Å²) in [6.07, 6.45) is 5.83. The van der Waals surface area contributed by atoms with Crippen molar-refractivity contribution in [1.82, 2.24) is 0 Å². The lowest BCUT2D eigenvalue weighted by Crippen LogP contribution is -1.94. The highest BCUT2D eigenvalue weighted by molar-refractivity contribution is 5.89. The van der Waals surface area contributed by atoms with E-state index in [1.54, 1.807) is 19.3 Å². The fraction of sp³-hybridized carbons (Fsp3) is 0.357. The molecule has 0 aliphatic rings. The minimum atomic E-state index is 0.199. The van der Waals surface area contributed by atoms with E-state index < -0.39 is 0 Å². The van der Waals surface area contributed by atoms with Crippen molar-refractivity contribution in [3.05, 3.63) is 42.0 Å². The lowest BCUT2D eigenvalue weighted by atomic mass is 10.1. The van der Waals surface area contributed by atoms with Crippen LogP contribution in [-0.2, 0) is 11.2 Å². The van der Waals surface area contributed by atoms with Crippen molar-refractivity contribution in [2.75, 3.05) is 7.11 Å². The minimum absolute atomic E-state index is 0.199. The lowest BCUT2D eigenvalue weighted by molar-refractivity contribution is -0.114. The van der Waals surface area contributed by atoms with Gasteiger partial charge in [-0.1, -0.05) is 18.2 Å². The summed E-state index contributed by atoms with van der Waals surface area (Å²) in [7, 11) is 1.66. The Morgan fingerprint density at radius 2 is 2.25 bits per heavy atom.